The van der Waals surface area contributed by atoms with E-state index in [-0.39, 0.29) is 27.8 Å². The van der Waals surface area contributed by atoms with E-state index in [1.165, 1.54) is 19.3 Å². The molecular weight excluding hydrogens is 368 g/mol. The Morgan fingerprint density at radius 3 is 2.77 bits per heavy atom. The molecule has 0 spiro atoms. The van der Waals surface area contributed by atoms with E-state index in [1.54, 1.807) is 24.3 Å². The minimum atomic E-state index is -0.323. The van der Waals surface area contributed by atoms with Gasteiger partial charge in [-0.2, -0.15) is 0 Å². The molecular formula is C16H12BrClN2O2. The molecule has 1 aromatic heterocycles. The predicted octanol–water partition coefficient (Wildman–Crippen LogP) is 4.76. The van der Waals surface area contributed by atoms with Crippen molar-refractivity contribution in [3.05, 3.63) is 63.4 Å². The van der Waals surface area contributed by atoms with E-state index in [1.807, 2.05) is 12.1 Å². The molecule has 0 bridgehead atoms. The van der Waals surface area contributed by atoms with Crippen molar-refractivity contribution >= 4 is 51.0 Å². The molecule has 4 nitrogen and oxygen atoms in total. The van der Waals surface area contributed by atoms with Crippen molar-refractivity contribution in [3.63, 3.8) is 0 Å². The van der Waals surface area contributed by atoms with Crippen molar-refractivity contribution in [1.82, 2.24) is 4.98 Å². The Hall–Kier alpha value is -1.98. The third-order valence-corrected chi connectivity index (χ3v) is 3.59. The number of hydrogen-bond donors (Lipinski definition) is 1. The summed E-state index contributed by atoms with van der Waals surface area (Å²) in [4.78, 5) is 19.9. The Kier molecular flexibility index (Phi) is 5.46. The molecule has 0 radical (unpaired) electrons. The maximum atomic E-state index is 11.8. The van der Waals surface area contributed by atoms with Crippen molar-refractivity contribution in [3.8, 4) is 0 Å². The van der Waals surface area contributed by atoms with Gasteiger partial charge in [-0.3, -0.25) is 9.79 Å². The van der Waals surface area contributed by atoms with E-state index in [4.69, 9.17) is 11.6 Å². The van der Waals surface area contributed by atoms with Gasteiger partial charge < -0.3 is 5.11 Å². The average molecular weight is 380 g/mol. The van der Waals surface area contributed by atoms with Crippen LogP contribution in [0.5, 0.6) is 0 Å². The first-order valence-electron chi connectivity index (χ1n) is 6.33. The molecule has 0 aliphatic heterocycles. The van der Waals surface area contributed by atoms with Crippen molar-refractivity contribution in [2.45, 2.75) is 6.92 Å². The van der Waals surface area contributed by atoms with Crippen LogP contribution in [0.1, 0.15) is 12.5 Å². The molecule has 1 N–H and O–H groups in total. The van der Waals surface area contributed by atoms with Gasteiger partial charge in [-0.15, -0.1) is 0 Å². The van der Waals surface area contributed by atoms with Gasteiger partial charge in [0, 0.05) is 16.9 Å². The van der Waals surface area contributed by atoms with Gasteiger partial charge in [0.1, 0.15) is 10.9 Å². The molecule has 6 heteroatoms. The zero-order valence-electron chi connectivity index (χ0n) is 11.6. The van der Waals surface area contributed by atoms with Gasteiger partial charge >= 0.3 is 0 Å². The smallest absolute Gasteiger partial charge is 0.165 e. The number of Topliss-reactive ketones (excluding diaryl/α,β-unsaturated/α-hetero) is 1. The number of pyridine rings is 1. The summed E-state index contributed by atoms with van der Waals surface area (Å²) in [6.45, 7) is 1.35. The van der Waals surface area contributed by atoms with E-state index < -0.39 is 0 Å². The monoisotopic (exact) mass is 378 g/mol. The van der Waals surface area contributed by atoms with Crippen LogP contribution in [0, 0.1) is 0 Å². The van der Waals surface area contributed by atoms with Crippen molar-refractivity contribution in [2.24, 2.45) is 4.99 Å². The van der Waals surface area contributed by atoms with Gasteiger partial charge in [0.2, 0.25) is 0 Å². The normalized spacial score (nSPS) is 12.3. The number of carbonyl (C=O) groups excluding carboxylic acids is 1. The van der Waals surface area contributed by atoms with E-state index >= 15 is 0 Å². The van der Waals surface area contributed by atoms with Crippen LogP contribution in [0.25, 0.3) is 5.76 Å². The molecule has 22 heavy (non-hydrogen) atoms. The third kappa shape index (κ3) is 4.02. The Morgan fingerprint density at radius 1 is 1.36 bits per heavy atom. The summed E-state index contributed by atoms with van der Waals surface area (Å²) >= 11 is 9.28. The van der Waals surface area contributed by atoms with Gasteiger partial charge in [-0.25, -0.2) is 4.98 Å². The topological polar surface area (TPSA) is 62.5 Å². The maximum Gasteiger partial charge on any atom is 0.165 e. The summed E-state index contributed by atoms with van der Waals surface area (Å²) in [6, 6.07) is 10.5. The third-order valence-electron chi connectivity index (χ3n) is 2.80. The van der Waals surface area contributed by atoms with Gasteiger partial charge in [-0.05, 0) is 37.3 Å². The maximum absolute atomic E-state index is 11.8. The molecule has 0 aliphatic carbocycles. The molecule has 112 valence electrons. The van der Waals surface area contributed by atoms with Crippen molar-refractivity contribution in [1.29, 1.82) is 0 Å². The fourth-order valence-electron chi connectivity index (χ4n) is 1.72. The Morgan fingerprint density at radius 2 is 2.14 bits per heavy atom. The molecule has 1 heterocycles. The van der Waals surface area contributed by atoms with Gasteiger partial charge in [0.15, 0.2) is 5.78 Å². The van der Waals surface area contributed by atoms with Crippen LogP contribution >= 0.6 is 27.5 Å². The Labute approximate surface area is 141 Å². The summed E-state index contributed by atoms with van der Waals surface area (Å²) in [5.41, 5.74) is 1.00. The number of carbonyl (C=O) groups is 1. The van der Waals surface area contributed by atoms with Crippen LogP contribution in [0.2, 0.25) is 5.15 Å². The molecule has 0 saturated carbocycles. The summed E-state index contributed by atoms with van der Waals surface area (Å²) in [7, 11) is 0. The SMILES string of the molecule is CC(=O)/C(C=Nc1cccc(Br)c1)=C(/O)c1cccnc1Cl. The highest BCUT2D eigenvalue weighted by Gasteiger charge is 2.14. The van der Waals surface area contributed by atoms with E-state index in [0.29, 0.717) is 5.69 Å². The van der Waals surface area contributed by atoms with Gasteiger partial charge in [0.25, 0.3) is 0 Å². The zero-order chi connectivity index (χ0) is 16.1. The Bertz CT molecular complexity index is 772. The molecule has 2 aromatic rings. The molecule has 0 fully saturated rings. The number of halogens is 2. The molecule has 0 unspecified atom stereocenters. The molecule has 0 saturated heterocycles. The number of allylic oxidation sites excluding steroid dienone is 1. The molecule has 0 atom stereocenters. The fourth-order valence-corrected chi connectivity index (χ4v) is 2.32. The first-order chi connectivity index (χ1) is 10.5. The second kappa shape index (κ2) is 7.33. The second-order valence-corrected chi connectivity index (χ2v) is 5.67. The lowest BCUT2D eigenvalue weighted by molar-refractivity contribution is -0.113. The van der Waals surface area contributed by atoms with Crippen molar-refractivity contribution < 1.29 is 9.90 Å². The van der Waals surface area contributed by atoms with Crippen LogP contribution < -0.4 is 0 Å². The number of ketones is 1. The number of benzene rings is 1. The largest absolute Gasteiger partial charge is 0.506 e. The quantitative estimate of drug-likeness (QED) is 0.360. The van der Waals surface area contributed by atoms with E-state index in [9.17, 15) is 9.90 Å². The molecule has 0 amide bonds. The lowest BCUT2D eigenvalue weighted by Gasteiger charge is -2.05. The second-order valence-electron chi connectivity index (χ2n) is 4.40. The first kappa shape index (κ1) is 16.4. The minimum absolute atomic E-state index is 0.0647. The minimum Gasteiger partial charge on any atom is -0.506 e. The van der Waals surface area contributed by atoms with Crippen LogP contribution in [-0.4, -0.2) is 22.1 Å². The molecule has 0 aliphatic rings. The number of aromatic nitrogens is 1. The van der Waals surface area contributed by atoms with E-state index in [0.717, 1.165) is 4.47 Å². The lowest BCUT2D eigenvalue weighted by Crippen LogP contribution is -2.03. The summed E-state index contributed by atoms with van der Waals surface area (Å²) in [5, 5.41) is 10.4. The van der Waals surface area contributed by atoms with Crippen LogP contribution in [0.15, 0.2) is 57.6 Å². The molecule has 2 rings (SSSR count). The average Bonchev–Trinajstić information content (AvgIpc) is 2.47. The van der Waals surface area contributed by atoms with Crippen molar-refractivity contribution in [2.75, 3.05) is 0 Å². The number of nitrogens with zero attached hydrogens (tertiary/aromatic N) is 2. The number of aliphatic hydroxyl groups is 1. The zero-order valence-corrected chi connectivity index (χ0v) is 14.0. The standard InChI is InChI=1S/C16H12BrClN2O2/c1-10(21)14(9-20-12-5-2-4-11(17)8-12)15(22)13-6-3-7-19-16(13)18/h2-9,22H,1H3/b15-14+,20-9?. The lowest BCUT2D eigenvalue weighted by atomic mass is 10.1. The van der Waals surface area contributed by atoms with E-state index in [2.05, 4.69) is 25.9 Å². The highest BCUT2D eigenvalue weighted by atomic mass is 79.9. The van der Waals surface area contributed by atoms with Crippen LogP contribution in [-0.2, 0) is 4.79 Å². The first-order valence-corrected chi connectivity index (χ1v) is 7.51. The van der Waals surface area contributed by atoms with Gasteiger partial charge in [0.05, 0.1) is 16.8 Å². The Balaban J connectivity index is 2.44. The van der Waals surface area contributed by atoms with Crippen LogP contribution in [0.4, 0.5) is 5.69 Å². The van der Waals surface area contributed by atoms with Crippen LogP contribution in [0.3, 0.4) is 0 Å². The number of hydrogen-bond acceptors (Lipinski definition) is 4. The highest BCUT2D eigenvalue weighted by Crippen LogP contribution is 2.23. The highest BCUT2D eigenvalue weighted by molar-refractivity contribution is 9.10. The summed E-state index contributed by atoms with van der Waals surface area (Å²) in [6.07, 6.45) is 2.82. The fraction of sp³-hybridized carbons (Fsp3) is 0.0625. The molecule has 1 aromatic carbocycles. The number of rotatable bonds is 4. The predicted molar refractivity (Wildman–Crippen MR) is 91.8 cm³/mol. The summed E-state index contributed by atoms with van der Waals surface area (Å²) < 4.78 is 0.870. The van der Waals surface area contributed by atoms with Gasteiger partial charge in [-0.1, -0.05) is 33.6 Å². The summed E-state index contributed by atoms with van der Waals surface area (Å²) in [5.74, 6) is -0.569. The number of aliphatic imine (C=N–C) groups is 1. The number of aliphatic hydroxyl groups excluding tert-OH is 1.